The van der Waals surface area contributed by atoms with E-state index in [4.69, 9.17) is 0 Å². The predicted octanol–water partition coefficient (Wildman–Crippen LogP) is 4.60. The highest BCUT2D eigenvalue weighted by molar-refractivity contribution is 7.98. The molecule has 0 unspecified atom stereocenters. The molecule has 0 amide bonds. The first-order chi connectivity index (χ1) is 7.74. The molecule has 0 N–H and O–H groups in total. The maximum atomic E-state index is 2.25. The Kier molecular flexibility index (Phi) is 3.68. The van der Waals surface area contributed by atoms with Gasteiger partial charge in [0.15, 0.2) is 0 Å². The van der Waals surface area contributed by atoms with Crippen LogP contribution < -0.4 is 0 Å². The molecule has 0 spiro atoms. The first-order valence-corrected chi connectivity index (χ1v) is 6.47. The number of rotatable bonds is 3. The van der Waals surface area contributed by atoms with Gasteiger partial charge in [-0.3, -0.25) is 0 Å². The summed E-state index contributed by atoms with van der Waals surface area (Å²) in [7, 11) is 0. The highest BCUT2D eigenvalue weighted by atomic mass is 32.2. The van der Waals surface area contributed by atoms with Gasteiger partial charge in [0, 0.05) is 10.6 Å². The minimum Gasteiger partial charge on any atom is -0.121 e. The van der Waals surface area contributed by atoms with Crippen molar-refractivity contribution in [3.05, 3.63) is 65.2 Å². The van der Waals surface area contributed by atoms with Gasteiger partial charge in [-0.15, -0.1) is 11.8 Å². The normalized spacial score (nSPS) is 10.4. The minimum atomic E-state index is 1.05. The van der Waals surface area contributed by atoms with Crippen molar-refractivity contribution in [1.82, 2.24) is 0 Å². The predicted molar refractivity (Wildman–Crippen MR) is 71.9 cm³/mol. The Hall–Kier alpha value is -1.21. The fourth-order valence-corrected chi connectivity index (χ4v) is 2.82. The molecule has 0 fully saturated rings. The molecule has 0 heterocycles. The van der Waals surface area contributed by atoms with Crippen molar-refractivity contribution in [3.8, 4) is 0 Å². The van der Waals surface area contributed by atoms with E-state index in [1.54, 1.807) is 0 Å². The van der Waals surface area contributed by atoms with E-state index in [-0.39, 0.29) is 0 Å². The van der Waals surface area contributed by atoms with Crippen molar-refractivity contribution in [2.24, 2.45) is 0 Å². The fraction of sp³-hybridized carbons (Fsp3) is 0.200. The lowest BCUT2D eigenvalue weighted by molar-refractivity contribution is 1.29. The number of aryl methyl sites for hydroxylation is 2. The van der Waals surface area contributed by atoms with Crippen LogP contribution >= 0.6 is 11.8 Å². The molecule has 16 heavy (non-hydrogen) atoms. The van der Waals surface area contributed by atoms with Crippen molar-refractivity contribution in [2.75, 3.05) is 0 Å². The van der Waals surface area contributed by atoms with Gasteiger partial charge in [-0.1, -0.05) is 36.4 Å². The Balaban J connectivity index is 2.05. The summed E-state index contributed by atoms with van der Waals surface area (Å²) in [6.45, 7) is 4.30. The molecule has 0 atom stereocenters. The molecule has 0 aliphatic heterocycles. The molecular weight excluding hydrogens is 212 g/mol. The van der Waals surface area contributed by atoms with Crippen LogP contribution in [0.5, 0.6) is 0 Å². The summed E-state index contributed by atoms with van der Waals surface area (Å²) in [5.41, 5.74) is 4.07. The number of thioether (sulfide) groups is 1. The molecule has 0 radical (unpaired) electrons. The van der Waals surface area contributed by atoms with E-state index in [0.29, 0.717) is 0 Å². The largest absolute Gasteiger partial charge is 0.121 e. The second-order valence-corrected chi connectivity index (χ2v) is 5.15. The van der Waals surface area contributed by atoms with Crippen molar-refractivity contribution >= 4 is 11.8 Å². The average Bonchev–Trinajstić information content (AvgIpc) is 2.27. The zero-order valence-electron chi connectivity index (χ0n) is 9.73. The van der Waals surface area contributed by atoms with Gasteiger partial charge in [-0.25, -0.2) is 0 Å². The van der Waals surface area contributed by atoms with Crippen molar-refractivity contribution in [3.63, 3.8) is 0 Å². The standard InChI is InChI=1S/C15H16S/c1-12-8-13(2)10-15(9-12)16-11-14-6-4-3-5-7-14/h3-10H,11H2,1-2H3. The molecule has 0 aliphatic rings. The van der Waals surface area contributed by atoms with Crippen LogP contribution in [0.15, 0.2) is 53.4 Å². The second kappa shape index (κ2) is 5.22. The Morgan fingerprint density at radius 3 is 2.12 bits per heavy atom. The minimum absolute atomic E-state index is 1.05. The number of hydrogen-bond acceptors (Lipinski definition) is 1. The molecule has 0 nitrogen and oxygen atoms in total. The SMILES string of the molecule is Cc1cc(C)cc(SCc2ccccc2)c1. The molecule has 0 saturated carbocycles. The average molecular weight is 228 g/mol. The summed E-state index contributed by atoms with van der Waals surface area (Å²) in [4.78, 5) is 1.36. The molecule has 2 aromatic carbocycles. The van der Waals surface area contributed by atoms with E-state index in [1.807, 2.05) is 11.8 Å². The van der Waals surface area contributed by atoms with Crippen molar-refractivity contribution in [2.45, 2.75) is 24.5 Å². The molecule has 0 aromatic heterocycles. The fourth-order valence-electron chi connectivity index (χ4n) is 1.76. The maximum absolute atomic E-state index is 2.25. The monoisotopic (exact) mass is 228 g/mol. The van der Waals surface area contributed by atoms with Crippen LogP contribution in [-0.2, 0) is 5.75 Å². The third kappa shape index (κ3) is 3.14. The van der Waals surface area contributed by atoms with Gasteiger partial charge < -0.3 is 0 Å². The van der Waals surface area contributed by atoms with E-state index in [0.717, 1.165) is 5.75 Å². The summed E-state index contributed by atoms with van der Waals surface area (Å²) in [6, 6.07) is 17.3. The third-order valence-electron chi connectivity index (χ3n) is 2.44. The van der Waals surface area contributed by atoms with Gasteiger partial charge in [0.05, 0.1) is 0 Å². The van der Waals surface area contributed by atoms with Crippen LogP contribution in [-0.4, -0.2) is 0 Å². The Morgan fingerprint density at radius 1 is 0.875 bits per heavy atom. The van der Waals surface area contributed by atoms with Crippen LogP contribution in [0.3, 0.4) is 0 Å². The Bertz CT molecular complexity index is 440. The molecular formula is C15H16S. The van der Waals surface area contributed by atoms with Gasteiger partial charge in [0.1, 0.15) is 0 Å². The highest BCUT2D eigenvalue weighted by Gasteiger charge is 1.98. The van der Waals surface area contributed by atoms with E-state index in [9.17, 15) is 0 Å². The summed E-state index contributed by atoms with van der Waals surface area (Å²) in [5, 5.41) is 0. The van der Waals surface area contributed by atoms with E-state index in [1.165, 1.54) is 21.6 Å². The summed E-state index contributed by atoms with van der Waals surface area (Å²) < 4.78 is 0. The van der Waals surface area contributed by atoms with Gasteiger partial charge >= 0.3 is 0 Å². The van der Waals surface area contributed by atoms with Crippen LogP contribution in [0.25, 0.3) is 0 Å². The quantitative estimate of drug-likeness (QED) is 0.692. The van der Waals surface area contributed by atoms with Crippen molar-refractivity contribution in [1.29, 1.82) is 0 Å². The topological polar surface area (TPSA) is 0 Å². The van der Waals surface area contributed by atoms with Gasteiger partial charge in [0.2, 0.25) is 0 Å². The zero-order chi connectivity index (χ0) is 11.4. The lowest BCUT2D eigenvalue weighted by Gasteiger charge is -2.04. The first kappa shape index (κ1) is 11.3. The summed E-state index contributed by atoms with van der Waals surface area (Å²) in [6.07, 6.45) is 0. The number of hydrogen-bond donors (Lipinski definition) is 0. The van der Waals surface area contributed by atoms with Gasteiger partial charge in [-0.05, 0) is 42.7 Å². The van der Waals surface area contributed by atoms with E-state index >= 15 is 0 Å². The maximum Gasteiger partial charge on any atom is 0.0231 e. The molecule has 82 valence electrons. The van der Waals surface area contributed by atoms with Crippen LogP contribution in [0.2, 0.25) is 0 Å². The first-order valence-electron chi connectivity index (χ1n) is 5.49. The third-order valence-corrected chi connectivity index (χ3v) is 3.49. The van der Waals surface area contributed by atoms with Crippen molar-refractivity contribution < 1.29 is 0 Å². The van der Waals surface area contributed by atoms with E-state index in [2.05, 4.69) is 62.4 Å². The Morgan fingerprint density at radius 2 is 1.50 bits per heavy atom. The molecule has 0 saturated heterocycles. The highest BCUT2D eigenvalue weighted by Crippen LogP contribution is 2.24. The lowest BCUT2D eigenvalue weighted by Crippen LogP contribution is -1.82. The lowest BCUT2D eigenvalue weighted by atomic mass is 10.2. The van der Waals surface area contributed by atoms with Crippen LogP contribution in [0.1, 0.15) is 16.7 Å². The van der Waals surface area contributed by atoms with E-state index < -0.39 is 0 Å². The molecule has 1 heteroatoms. The summed E-state index contributed by atoms with van der Waals surface area (Å²) in [5.74, 6) is 1.05. The number of benzene rings is 2. The molecule has 0 aliphatic carbocycles. The van der Waals surface area contributed by atoms with Crippen LogP contribution in [0, 0.1) is 13.8 Å². The summed E-state index contributed by atoms with van der Waals surface area (Å²) >= 11 is 1.90. The second-order valence-electron chi connectivity index (χ2n) is 4.10. The molecule has 2 aromatic rings. The smallest absolute Gasteiger partial charge is 0.0231 e. The molecule has 2 rings (SSSR count). The van der Waals surface area contributed by atoms with Gasteiger partial charge in [0.25, 0.3) is 0 Å². The zero-order valence-corrected chi connectivity index (χ0v) is 10.6. The molecule has 0 bridgehead atoms. The van der Waals surface area contributed by atoms with Crippen LogP contribution in [0.4, 0.5) is 0 Å². The van der Waals surface area contributed by atoms with Gasteiger partial charge in [-0.2, -0.15) is 0 Å². The Labute approximate surface area is 102 Å².